The maximum absolute atomic E-state index is 13.2. The maximum atomic E-state index is 13.2. The average molecular weight is 941 g/mol. The maximum Gasteiger partial charge on any atom is 0.220 e. The lowest BCUT2D eigenvalue weighted by Gasteiger charge is -2.40. The van der Waals surface area contributed by atoms with Crippen molar-refractivity contribution in [2.75, 3.05) is 59.3 Å². The summed E-state index contributed by atoms with van der Waals surface area (Å²) >= 11 is 0. The third kappa shape index (κ3) is 18.0. The smallest absolute Gasteiger partial charge is 0.220 e. The second kappa shape index (κ2) is 28.9. The number of amides is 3. The Morgan fingerprint density at radius 3 is 1.03 bits per heavy atom. The molecule has 3 saturated heterocycles. The molecule has 22 nitrogen and oxygen atoms in total. The van der Waals surface area contributed by atoms with Crippen molar-refractivity contribution in [3.63, 3.8) is 0 Å². The molecule has 380 valence electrons. The molecule has 0 spiro atoms. The molecule has 22 heteroatoms. The summed E-state index contributed by atoms with van der Waals surface area (Å²) in [6.07, 6.45) is -10.2. The van der Waals surface area contributed by atoms with Gasteiger partial charge in [-0.1, -0.05) is 34.6 Å². The Balaban J connectivity index is 1.52. The number of nitrogens with one attached hydrogen (secondary N) is 4. The lowest BCUT2D eigenvalue weighted by atomic mass is 9.82. The first kappa shape index (κ1) is 57.1. The lowest BCUT2D eigenvalue weighted by Crippen LogP contribution is -2.55. The van der Waals surface area contributed by atoms with Crippen LogP contribution in [0.5, 0.6) is 0 Å². The van der Waals surface area contributed by atoms with E-state index in [-0.39, 0.29) is 82.5 Å². The number of aliphatic hydroxyl groups excluding tert-OH is 9. The van der Waals surface area contributed by atoms with Gasteiger partial charge in [0.05, 0.1) is 58.0 Å². The van der Waals surface area contributed by atoms with Crippen LogP contribution in [-0.2, 0) is 42.8 Å². The Morgan fingerprint density at radius 2 is 0.785 bits per heavy atom. The van der Waals surface area contributed by atoms with Crippen LogP contribution in [0, 0.1) is 17.8 Å². The van der Waals surface area contributed by atoms with Gasteiger partial charge in [0.15, 0.2) is 18.9 Å². The van der Waals surface area contributed by atoms with Crippen LogP contribution in [-0.4, -0.2) is 208 Å². The van der Waals surface area contributed by atoms with Gasteiger partial charge < -0.3 is 95.6 Å². The fourth-order valence-electron chi connectivity index (χ4n) is 8.26. The fourth-order valence-corrected chi connectivity index (χ4v) is 8.26. The van der Waals surface area contributed by atoms with Crippen LogP contribution < -0.4 is 21.3 Å². The normalized spacial score (nSPS) is 33.9. The van der Waals surface area contributed by atoms with Crippen LogP contribution in [0.25, 0.3) is 0 Å². The summed E-state index contributed by atoms with van der Waals surface area (Å²) in [6, 6.07) is -0.0750. The molecule has 3 amide bonds. The van der Waals surface area contributed by atoms with Crippen LogP contribution >= 0.6 is 0 Å². The van der Waals surface area contributed by atoms with E-state index in [9.17, 15) is 60.3 Å². The van der Waals surface area contributed by atoms with Crippen LogP contribution in [0.15, 0.2) is 0 Å². The highest BCUT2D eigenvalue weighted by Crippen LogP contribution is 2.30. The third-order valence-electron chi connectivity index (χ3n) is 12.4. The number of aliphatic hydroxyl groups is 9. The Bertz CT molecular complexity index is 1230. The topological polar surface area (TPSA) is 337 Å². The van der Waals surface area contributed by atoms with Gasteiger partial charge in [0, 0.05) is 68.2 Å². The first-order valence-corrected chi connectivity index (χ1v) is 23.2. The molecule has 3 heterocycles. The summed E-state index contributed by atoms with van der Waals surface area (Å²) < 4.78 is 34.0. The molecule has 0 saturated carbocycles. The van der Waals surface area contributed by atoms with Crippen molar-refractivity contribution in [1.29, 1.82) is 0 Å². The number of hydrogen-bond acceptors (Lipinski definition) is 19. The summed E-state index contributed by atoms with van der Waals surface area (Å²) in [5, 5.41) is 102. The summed E-state index contributed by atoms with van der Waals surface area (Å²) in [5.74, 6) is -2.39. The molecule has 0 radical (unpaired) electrons. The van der Waals surface area contributed by atoms with Gasteiger partial charge in [0.1, 0.15) is 36.6 Å². The van der Waals surface area contributed by atoms with Gasteiger partial charge in [-0.15, -0.1) is 0 Å². The number of carbonyl (C=O) groups is 3. The Morgan fingerprint density at radius 1 is 0.508 bits per heavy atom. The average Bonchev–Trinajstić information content (AvgIpc) is 3.28. The van der Waals surface area contributed by atoms with Crippen molar-refractivity contribution < 1.29 is 88.8 Å². The van der Waals surface area contributed by atoms with E-state index in [4.69, 9.17) is 28.4 Å². The van der Waals surface area contributed by atoms with Crippen LogP contribution in [0.4, 0.5) is 0 Å². The number of rotatable bonds is 29. The Hall–Kier alpha value is -2.23. The summed E-state index contributed by atoms with van der Waals surface area (Å²) in [4.78, 5) is 39.5. The van der Waals surface area contributed by atoms with Crippen molar-refractivity contribution in [3.8, 4) is 0 Å². The highest BCUT2D eigenvalue weighted by Gasteiger charge is 2.44. The van der Waals surface area contributed by atoms with Crippen molar-refractivity contribution in [2.24, 2.45) is 17.8 Å². The van der Waals surface area contributed by atoms with Gasteiger partial charge in [-0.05, 0) is 38.5 Å². The molecule has 0 aromatic heterocycles. The second-order valence-electron chi connectivity index (χ2n) is 18.0. The second-order valence-corrected chi connectivity index (χ2v) is 18.0. The Kier molecular flexibility index (Phi) is 25.4. The first-order chi connectivity index (χ1) is 30.9. The lowest BCUT2D eigenvalue weighted by molar-refractivity contribution is -0.282. The van der Waals surface area contributed by atoms with Gasteiger partial charge in [-0.2, -0.15) is 0 Å². The molecular formula is C43H80N4O18. The van der Waals surface area contributed by atoms with Crippen LogP contribution in [0.1, 0.15) is 92.4 Å². The van der Waals surface area contributed by atoms with Gasteiger partial charge in [0.25, 0.3) is 0 Å². The highest BCUT2D eigenvalue weighted by atomic mass is 16.7. The zero-order chi connectivity index (χ0) is 48.3. The predicted octanol–water partition coefficient (Wildman–Crippen LogP) is -3.14. The van der Waals surface area contributed by atoms with Gasteiger partial charge in [-0.3, -0.25) is 14.4 Å². The van der Waals surface area contributed by atoms with E-state index in [1.807, 2.05) is 13.8 Å². The van der Waals surface area contributed by atoms with E-state index < -0.39 is 117 Å². The van der Waals surface area contributed by atoms with E-state index in [0.717, 1.165) is 0 Å². The SMILES string of the molecule is CC(C)NC(CCC(=O)NCCCO[C@@H]1OC(CO)[C@H](O)[C@H](O)C1C)(CCC(=O)NCCCO[C@@H]1OC(CO)[C@H](O)[C@H](O)C1C)CCC(=O)NCCCO[C@@H]1OC(CO)[C@H](O)[C@H](O)C1C. The first-order valence-electron chi connectivity index (χ1n) is 23.2. The summed E-state index contributed by atoms with van der Waals surface area (Å²) in [5.41, 5.74) is -0.801. The highest BCUT2D eigenvalue weighted by molar-refractivity contribution is 5.77. The van der Waals surface area contributed by atoms with E-state index in [0.29, 0.717) is 38.5 Å². The van der Waals surface area contributed by atoms with Crippen molar-refractivity contribution in [3.05, 3.63) is 0 Å². The zero-order valence-corrected chi connectivity index (χ0v) is 38.7. The van der Waals surface area contributed by atoms with Gasteiger partial charge in [0.2, 0.25) is 17.7 Å². The molecule has 0 bridgehead atoms. The van der Waals surface area contributed by atoms with Crippen molar-refractivity contribution in [1.82, 2.24) is 21.3 Å². The molecule has 3 rings (SSSR count). The van der Waals surface area contributed by atoms with Gasteiger partial charge in [-0.25, -0.2) is 0 Å². The number of ether oxygens (including phenoxy) is 6. The van der Waals surface area contributed by atoms with E-state index in [1.54, 1.807) is 20.8 Å². The Labute approximate surface area is 382 Å². The molecule has 3 aliphatic rings. The van der Waals surface area contributed by atoms with Crippen LogP contribution in [0.2, 0.25) is 0 Å². The summed E-state index contributed by atoms with van der Waals surface area (Å²) in [6.45, 7) is 8.75. The molecule has 13 N–H and O–H groups in total. The minimum absolute atomic E-state index is 0.0750. The minimum Gasteiger partial charge on any atom is -0.394 e. The molecule has 0 aromatic rings. The van der Waals surface area contributed by atoms with Crippen molar-refractivity contribution in [2.45, 2.75) is 178 Å². The quantitative estimate of drug-likeness (QED) is 0.0330. The molecule has 0 aliphatic carbocycles. The zero-order valence-electron chi connectivity index (χ0n) is 38.7. The standard InChI is InChI=1S/C43H80N4O18/c1-24(2)47-43(12-9-31(51)44-15-6-18-60-40-25(3)34(54)37(57)28(21-48)63-40,13-10-32(52)45-16-7-19-61-41-26(4)35(55)38(58)29(22-49)64-41)14-11-33(53)46-17-8-20-62-42-27(5)36(56)39(59)30(23-50)65-42/h24-30,34-42,47-50,54-59H,6-23H2,1-5H3,(H,44,51)(H,45,52)(H,46,53)/t25?,26?,27?,28?,29?,30?,34-,35-,36-,37+,38+,39+,40-,41-,42-,43?/m1/s1. The number of hydrogen-bond donors (Lipinski definition) is 13. The molecule has 65 heavy (non-hydrogen) atoms. The minimum atomic E-state index is -1.24. The van der Waals surface area contributed by atoms with E-state index >= 15 is 0 Å². The summed E-state index contributed by atoms with van der Waals surface area (Å²) in [7, 11) is 0. The largest absolute Gasteiger partial charge is 0.394 e. The van der Waals surface area contributed by atoms with E-state index in [1.165, 1.54) is 0 Å². The molecule has 3 aliphatic heterocycles. The monoisotopic (exact) mass is 941 g/mol. The van der Waals surface area contributed by atoms with E-state index in [2.05, 4.69) is 21.3 Å². The predicted molar refractivity (Wildman–Crippen MR) is 230 cm³/mol. The third-order valence-corrected chi connectivity index (χ3v) is 12.4. The molecule has 0 aromatic carbocycles. The number of carbonyl (C=O) groups excluding carboxylic acids is 3. The van der Waals surface area contributed by atoms with Crippen molar-refractivity contribution >= 4 is 17.7 Å². The molecule has 15 atom stereocenters. The van der Waals surface area contributed by atoms with Gasteiger partial charge >= 0.3 is 0 Å². The van der Waals surface area contributed by atoms with Crippen LogP contribution in [0.3, 0.4) is 0 Å². The fraction of sp³-hybridized carbons (Fsp3) is 0.930. The molecular weight excluding hydrogens is 860 g/mol. The molecule has 6 unspecified atom stereocenters. The molecule has 3 fully saturated rings.